The number of aryl methyl sites for hydroxylation is 3. The van der Waals surface area contributed by atoms with Crippen molar-refractivity contribution in [2.24, 2.45) is 0 Å². The minimum atomic E-state index is -0.994. The summed E-state index contributed by atoms with van der Waals surface area (Å²) in [6, 6.07) is 6.21. The molecule has 1 aromatic heterocycles. The summed E-state index contributed by atoms with van der Waals surface area (Å²) in [6.45, 7) is 8.59. The van der Waals surface area contributed by atoms with Gasteiger partial charge in [0.2, 0.25) is 5.89 Å². The topological polar surface area (TPSA) is 91.0 Å². The van der Waals surface area contributed by atoms with Crippen LogP contribution in [0.4, 0.5) is 0 Å². The van der Waals surface area contributed by atoms with Gasteiger partial charge in [-0.1, -0.05) is 17.7 Å². The Hall–Kier alpha value is -2.22. The molecule has 1 fully saturated rings. The maximum Gasteiger partial charge on any atom is 0.335 e. The molecule has 0 aliphatic heterocycles. The molecule has 31 heavy (non-hydrogen) atoms. The second-order valence-electron chi connectivity index (χ2n) is 8.18. The summed E-state index contributed by atoms with van der Waals surface area (Å²) in [5, 5.41) is 9.19. The molecule has 170 valence electrons. The number of aromatic nitrogens is 1. The van der Waals surface area contributed by atoms with E-state index in [-0.39, 0.29) is 18.8 Å². The van der Waals surface area contributed by atoms with Crippen LogP contribution in [0.3, 0.4) is 0 Å². The highest BCUT2D eigenvalue weighted by atomic mass is 16.6. The molecule has 1 N–H and O–H groups in total. The molecular formula is C24H33NO6. The molecule has 7 heteroatoms. The molecule has 0 amide bonds. The van der Waals surface area contributed by atoms with Crippen LogP contribution in [0.2, 0.25) is 0 Å². The van der Waals surface area contributed by atoms with Crippen LogP contribution < -0.4 is 0 Å². The molecule has 1 aromatic carbocycles. The third-order valence-electron chi connectivity index (χ3n) is 5.67. The Labute approximate surface area is 183 Å². The molecule has 1 heterocycles. The first-order valence-corrected chi connectivity index (χ1v) is 11.0. The van der Waals surface area contributed by atoms with Crippen LogP contribution in [0.25, 0.3) is 11.5 Å². The number of hydrogen-bond donors (Lipinski definition) is 1. The van der Waals surface area contributed by atoms with Crippen LogP contribution in [-0.2, 0) is 25.6 Å². The van der Waals surface area contributed by atoms with E-state index in [0.717, 1.165) is 48.3 Å². The van der Waals surface area contributed by atoms with Crippen molar-refractivity contribution in [2.75, 3.05) is 13.2 Å². The minimum Gasteiger partial charge on any atom is -0.479 e. The number of benzene rings is 1. The van der Waals surface area contributed by atoms with Crippen molar-refractivity contribution >= 4 is 5.97 Å². The predicted molar refractivity (Wildman–Crippen MR) is 116 cm³/mol. The van der Waals surface area contributed by atoms with Crippen molar-refractivity contribution in [3.63, 3.8) is 0 Å². The van der Waals surface area contributed by atoms with Crippen LogP contribution in [0.15, 0.2) is 22.6 Å². The highest BCUT2D eigenvalue weighted by Crippen LogP contribution is 2.28. The van der Waals surface area contributed by atoms with Gasteiger partial charge in [0.15, 0.2) is 6.10 Å². The second kappa shape index (κ2) is 10.9. The van der Waals surface area contributed by atoms with Gasteiger partial charge < -0.3 is 23.7 Å². The number of rotatable bonds is 10. The number of ether oxygens (including phenoxy) is 3. The van der Waals surface area contributed by atoms with Gasteiger partial charge >= 0.3 is 5.97 Å². The van der Waals surface area contributed by atoms with Crippen molar-refractivity contribution in [1.29, 1.82) is 0 Å². The van der Waals surface area contributed by atoms with E-state index in [9.17, 15) is 9.90 Å². The number of nitrogens with zero attached hydrogens (tertiary/aromatic N) is 1. The van der Waals surface area contributed by atoms with Gasteiger partial charge in [-0.3, -0.25) is 0 Å². The minimum absolute atomic E-state index is 0.0229. The zero-order chi connectivity index (χ0) is 22.4. The Morgan fingerprint density at radius 3 is 2.65 bits per heavy atom. The fourth-order valence-corrected chi connectivity index (χ4v) is 3.95. The Bertz CT molecular complexity index is 877. The number of aliphatic carboxylic acids is 1. The fraction of sp³-hybridized carbons (Fsp3) is 0.583. The summed E-state index contributed by atoms with van der Waals surface area (Å²) in [5.41, 5.74) is 4.14. The summed E-state index contributed by atoms with van der Waals surface area (Å²) in [7, 11) is 0. The normalized spacial score (nSPS) is 20.0. The summed E-state index contributed by atoms with van der Waals surface area (Å²) < 4.78 is 23.1. The van der Waals surface area contributed by atoms with Crippen molar-refractivity contribution in [1.82, 2.24) is 4.98 Å². The van der Waals surface area contributed by atoms with Crippen molar-refractivity contribution in [3.8, 4) is 11.5 Å². The fourth-order valence-electron chi connectivity index (χ4n) is 3.95. The van der Waals surface area contributed by atoms with Gasteiger partial charge in [0.25, 0.3) is 0 Å². The molecule has 0 saturated heterocycles. The van der Waals surface area contributed by atoms with E-state index in [1.807, 2.05) is 13.0 Å². The van der Waals surface area contributed by atoms with E-state index >= 15 is 0 Å². The van der Waals surface area contributed by atoms with E-state index in [2.05, 4.69) is 31.0 Å². The molecule has 7 nitrogen and oxygen atoms in total. The average molecular weight is 432 g/mol. The van der Waals surface area contributed by atoms with E-state index in [0.29, 0.717) is 19.1 Å². The quantitative estimate of drug-likeness (QED) is 0.588. The van der Waals surface area contributed by atoms with Gasteiger partial charge in [-0.15, -0.1) is 0 Å². The van der Waals surface area contributed by atoms with Crippen molar-refractivity contribution in [3.05, 3.63) is 40.8 Å². The predicted octanol–water partition coefficient (Wildman–Crippen LogP) is 4.60. The highest BCUT2D eigenvalue weighted by Gasteiger charge is 2.26. The van der Waals surface area contributed by atoms with Gasteiger partial charge in [0.05, 0.1) is 25.4 Å². The zero-order valence-corrected chi connectivity index (χ0v) is 18.8. The molecule has 0 spiro atoms. The maximum atomic E-state index is 11.2. The first-order valence-electron chi connectivity index (χ1n) is 11.0. The van der Waals surface area contributed by atoms with Gasteiger partial charge in [-0.05, 0) is 65.0 Å². The summed E-state index contributed by atoms with van der Waals surface area (Å²) in [4.78, 5) is 15.9. The zero-order valence-electron chi connectivity index (χ0n) is 18.8. The molecular weight excluding hydrogens is 398 g/mol. The summed E-state index contributed by atoms with van der Waals surface area (Å²) >= 11 is 0. The lowest BCUT2D eigenvalue weighted by atomic mass is 9.95. The standard InChI is InChI=1S/C24H33NO6/c1-5-28-22(24(26)27)14-30-19-8-6-7-18(12-19)29-13-21-17(4)31-23(25-21)20-10-9-15(2)11-16(20)3/h9-11,18-19,22H,5-8,12-14H2,1-4H3,(H,26,27)/t18-,19+,22?/m0/s1. The molecule has 1 aliphatic carbocycles. The number of carboxylic acids is 1. The first-order chi connectivity index (χ1) is 14.9. The van der Waals surface area contributed by atoms with E-state index in [4.69, 9.17) is 18.6 Å². The van der Waals surface area contributed by atoms with Gasteiger partial charge in [0.1, 0.15) is 11.5 Å². The van der Waals surface area contributed by atoms with Gasteiger partial charge in [-0.25, -0.2) is 9.78 Å². The van der Waals surface area contributed by atoms with E-state index < -0.39 is 12.1 Å². The lowest BCUT2D eigenvalue weighted by molar-refractivity contribution is -0.157. The SMILES string of the molecule is CCOC(CO[C@@H]1CCC[C@H](OCc2nc(-c3ccc(C)cc3C)oc2C)C1)C(=O)O. The van der Waals surface area contributed by atoms with E-state index in [1.165, 1.54) is 5.56 Å². The van der Waals surface area contributed by atoms with Gasteiger partial charge in [0, 0.05) is 12.2 Å². The Morgan fingerprint density at radius 1 is 1.23 bits per heavy atom. The number of oxazole rings is 1. The van der Waals surface area contributed by atoms with Crippen molar-refractivity contribution < 1.29 is 28.5 Å². The van der Waals surface area contributed by atoms with Crippen LogP contribution in [0.5, 0.6) is 0 Å². The lowest BCUT2D eigenvalue weighted by Gasteiger charge is -2.29. The molecule has 2 aromatic rings. The molecule has 1 aliphatic rings. The number of carbonyl (C=O) groups is 1. The average Bonchev–Trinajstić information content (AvgIpc) is 3.10. The Morgan fingerprint density at radius 2 is 1.97 bits per heavy atom. The van der Waals surface area contributed by atoms with Crippen LogP contribution in [-0.4, -0.2) is 47.6 Å². The monoisotopic (exact) mass is 431 g/mol. The summed E-state index contributed by atoms with van der Waals surface area (Å²) in [6.07, 6.45) is 2.67. The van der Waals surface area contributed by atoms with Gasteiger partial charge in [-0.2, -0.15) is 0 Å². The van der Waals surface area contributed by atoms with Crippen LogP contribution >= 0.6 is 0 Å². The summed E-state index contributed by atoms with van der Waals surface area (Å²) in [5.74, 6) is 0.389. The van der Waals surface area contributed by atoms with Crippen molar-refractivity contribution in [2.45, 2.75) is 78.3 Å². The largest absolute Gasteiger partial charge is 0.479 e. The molecule has 0 radical (unpaired) electrons. The number of carboxylic acid groups (broad SMARTS) is 1. The van der Waals surface area contributed by atoms with Crippen LogP contribution in [0.1, 0.15) is 55.2 Å². The molecule has 3 rings (SSSR count). The molecule has 1 saturated carbocycles. The highest BCUT2D eigenvalue weighted by molar-refractivity contribution is 5.72. The lowest BCUT2D eigenvalue weighted by Crippen LogP contribution is -2.34. The van der Waals surface area contributed by atoms with Crippen LogP contribution in [0, 0.1) is 20.8 Å². The maximum absolute atomic E-state index is 11.2. The smallest absolute Gasteiger partial charge is 0.335 e. The Balaban J connectivity index is 1.54. The first kappa shape index (κ1) is 23.4. The second-order valence-corrected chi connectivity index (χ2v) is 8.18. The molecule has 1 unspecified atom stereocenters. The molecule has 3 atom stereocenters. The van der Waals surface area contributed by atoms with E-state index in [1.54, 1.807) is 6.92 Å². The third-order valence-corrected chi connectivity index (χ3v) is 5.67. The molecule has 0 bridgehead atoms. The third kappa shape index (κ3) is 6.38. The Kier molecular flexibility index (Phi) is 8.23. The number of hydrogen-bond acceptors (Lipinski definition) is 6.